The van der Waals surface area contributed by atoms with Crippen molar-refractivity contribution in [2.45, 2.75) is 13.0 Å². The van der Waals surface area contributed by atoms with Gasteiger partial charge < -0.3 is 15.4 Å². The second-order valence-electron chi connectivity index (χ2n) is 4.90. The summed E-state index contributed by atoms with van der Waals surface area (Å²) < 4.78 is 5.08. The van der Waals surface area contributed by atoms with Gasteiger partial charge in [0, 0.05) is 16.8 Å². The lowest BCUT2D eigenvalue weighted by Crippen LogP contribution is -2.30. The zero-order valence-corrected chi connectivity index (χ0v) is 13.4. The maximum atomic E-state index is 11.9. The Hall–Kier alpha value is -2.04. The van der Waals surface area contributed by atoms with Crippen molar-refractivity contribution in [1.29, 1.82) is 0 Å². The van der Waals surface area contributed by atoms with Crippen molar-refractivity contribution in [3.8, 4) is 5.75 Å². The first-order valence-corrected chi connectivity index (χ1v) is 7.39. The van der Waals surface area contributed by atoms with Gasteiger partial charge >= 0.3 is 0 Å². The largest absolute Gasteiger partial charge is 0.497 e. The minimum atomic E-state index is -0.107. The summed E-state index contributed by atoms with van der Waals surface area (Å²) in [6, 6.07) is 14.8. The Morgan fingerprint density at radius 3 is 2.50 bits per heavy atom. The van der Waals surface area contributed by atoms with Crippen LogP contribution in [0.5, 0.6) is 5.75 Å². The number of benzene rings is 2. The molecule has 1 amide bonds. The zero-order chi connectivity index (χ0) is 15.9. The first kappa shape index (κ1) is 16.3. The second-order valence-corrected chi connectivity index (χ2v) is 5.31. The fourth-order valence-corrected chi connectivity index (χ4v) is 2.36. The normalized spacial score (nSPS) is 11.8. The van der Waals surface area contributed by atoms with Gasteiger partial charge in [0.15, 0.2) is 0 Å². The van der Waals surface area contributed by atoms with E-state index in [0.29, 0.717) is 5.02 Å². The highest BCUT2D eigenvalue weighted by molar-refractivity contribution is 6.31. The van der Waals surface area contributed by atoms with Gasteiger partial charge in [-0.15, -0.1) is 0 Å². The first-order valence-electron chi connectivity index (χ1n) is 7.02. The van der Waals surface area contributed by atoms with Crippen LogP contribution in [-0.4, -0.2) is 19.6 Å². The van der Waals surface area contributed by atoms with E-state index in [2.05, 4.69) is 10.6 Å². The van der Waals surface area contributed by atoms with E-state index < -0.39 is 0 Å². The molecule has 5 heteroatoms. The number of hydrogen-bond donors (Lipinski definition) is 2. The molecule has 0 radical (unpaired) electrons. The standard InChI is InChI=1S/C17H19ClN2O2/c1-12(15-5-3-4-6-16(15)18)19-11-17(21)20-13-7-9-14(22-2)10-8-13/h3-10,12,19H,11H2,1-2H3,(H,20,21)/t12-/m1/s1. The number of hydrogen-bond acceptors (Lipinski definition) is 3. The van der Waals surface area contributed by atoms with Crippen molar-refractivity contribution in [3.63, 3.8) is 0 Å². The highest BCUT2D eigenvalue weighted by atomic mass is 35.5. The number of halogens is 1. The summed E-state index contributed by atoms with van der Waals surface area (Å²) in [6.07, 6.45) is 0. The average molecular weight is 319 g/mol. The molecule has 0 heterocycles. The predicted molar refractivity (Wildman–Crippen MR) is 89.5 cm³/mol. The number of rotatable bonds is 6. The van der Waals surface area contributed by atoms with Crippen LogP contribution in [0.25, 0.3) is 0 Å². The van der Waals surface area contributed by atoms with Crippen LogP contribution in [0.2, 0.25) is 5.02 Å². The van der Waals surface area contributed by atoms with Crippen molar-refractivity contribution in [2.75, 3.05) is 19.0 Å². The minimum absolute atomic E-state index is 0.00434. The van der Waals surface area contributed by atoms with Gasteiger partial charge in [-0.2, -0.15) is 0 Å². The van der Waals surface area contributed by atoms with Crippen LogP contribution in [0.1, 0.15) is 18.5 Å². The Bertz CT molecular complexity index is 629. The number of carbonyl (C=O) groups is 1. The first-order chi connectivity index (χ1) is 10.6. The number of carbonyl (C=O) groups excluding carboxylic acids is 1. The molecule has 2 aromatic rings. The maximum absolute atomic E-state index is 11.9. The van der Waals surface area contributed by atoms with Gasteiger partial charge in [-0.1, -0.05) is 29.8 Å². The van der Waals surface area contributed by atoms with E-state index in [1.54, 1.807) is 31.4 Å². The van der Waals surface area contributed by atoms with Crippen LogP contribution in [0.3, 0.4) is 0 Å². The van der Waals surface area contributed by atoms with Crippen LogP contribution in [0.4, 0.5) is 5.69 Å². The van der Waals surface area contributed by atoms with E-state index in [-0.39, 0.29) is 18.5 Å². The highest BCUT2D eigenvalue weighted by Gasteiger charge is 2.10. The fraction of sp³-hybridized carbons (Fsp3) is 0.235. The number of ether oxygens (including phenoxy) is 1. The monoisotopic (exact) mass is 318 g/mol. The Kier molecular flexibility index (Phi) is 5.81. The quantitative estimate of drug-likeness (QED) is 0.855. The molecule has 0 saturated carbocycles. The second kappa shape index (κ2) is 7.82. The molecular formula is C17H19ClN2O2. The van der Waals surface area contributed by atoms with E-state index in [9.17, 15) is 4.79 Å². The third kappa shape index (κ3) is 4.48. The predicted octanol–water partition coefficient (Wildman–Crippen LogP) is 3.64. The van der Waals surface area contributed by atoms with Crippen molar-refractivity contribution in [3.05, 3.63) is 59.1 Å². The molecular weight excluding hydrogens is 300 g/mol. The van der Waals surface area contributed by atoms with Crippen LogP contribution in [0, 0.1) is 0 Å². The van der Waals surface area contributed by atoms with E-state index in [4.69, 9.17) is 16.3 Å². The van der Waals surface area contributed by atoms with Gasteiger partial charge in [-0.3, -0.25) is 4.79 Å². The van der Waals surface area contributed by atoms with E-state index in [0.717, 1.165) is 17.0 Å². The molecule has 2 aromatic carbocycles. The van der Waals surface area contributed by atoms with Crippen LogP contribution < -0.4 is 15.4 Å². The lowest BCUT2D eigenvalue weighted by molar-refractivity contribution is -0.115. The van der Waals surface area contributed by atoms with Gasteiger partial charge in [0.1, 0.15) is 5.75 Å². The molecule has 0 aliphatic rings. The third-order valence-electron chi connectivity index (χ3n) is 3.31. The van der Waals surface area contributed by atoms with Crippen molar-refractivity contribution in [1.82, 2.24) is 5.32 Å². The van der Waals surface area contributed by atoms with E-state index >= 15 is 0 Å². The Balaban J connectivity index is 1.85. The summed E-state index contributed by atoms with van der Waals surface area (Å²) >= 11 is 6.14. The molecule has 0 aliphatic carbocycles. The molecule has 4 nitrogen and oxygen atoms in total. The van der Waals surface area contributed by atoms with Gasteiger partial charge in [0.05, 0.1) is 13.7 Å². The Labute approximate surface area is 135 Å². The Morgan fingerprint density at radius 1 is 1.18 bits per heavy atom. The summed E-state index contributed by atoms with van der Waals surface area (Å²) in [5, 5.41) is 6.68. The van der Waals surface area contributed by atoms with E-state index in [1.165, 1.54) is 0 Å². The van der Waals surface area contributed by atoms with Crippen LogP contribution in [-0.2, 0) is 4.79 Å². The average Bonchev–Trinajstić information content (AvgIpc) is 2.54. The SMILES string of the molecule is COc1ccc(NC(=O)CN[C@H](C)c2ccccc2Cl)cc1. The molecule has 0 bridgehead atoms. The zero-order valence-electron chi connectivity index (χ0n) is 12.6. The molecule has 0 saturated heterocycles. The number of anilines is 1. The number of methoxy groups -OCH3 is 1. The summed E-state index contributed by atoms with van der Waals surface area (Å²) in [7, 11) is 1.60. The summed E-state index contributed by atoms with van der Waals surface area (Å²) in [5.74, 6) is 0.646. The van der Waals surface area contributed by atoms with E-state index in [1.807, 2.05) is 31.2 Å². The molecule has 2 rings (SSSR count). The van der Waals surface area contributed by atoms with Crippen LogP contribution >= 0.6 is 11.6 Å². The van der Waals surface area contributed by atoms with Gasteiger partial charge in [0.25, 0.3) is 0 Å². The van der Waals surface area contributed by atoms with Crippen LogP contribution in [0.15, 0.2) is 48.5 Å². The van der Waals surface area contributed by atoms with Gasteiger partial charge in [-0.05, 0) is 42.8 Å². The molecule has 0 spiro atoms. The molecule has 2 N–H and O–H groups in total. The summed E-state index contributed by atoms with van der Waals surface area (Å²) in [6.45, 7) is 2.18. The van der Waals surface area contributed by atoms with Crippen molar-refractivity contribution >= 4 is 23.2 Å². The number of amides is 1. The number of nitrogens with one attached hydrogen (secondary N) is 2. The smallest absolute Gasteiger partial charge is 0.238 e. The van der Waals surface area contributed by atoms with Gasteiger partial charge in [0.2, 0.25) is 5.91 Å². The van der Waals surface area contributed by atoms with Gasteiger partial charge in [-0.25, -0.2) is 0 Å². The third-order valence-corrected chi connectivity index (χ3v) is 3.66. The van der Waals surface area contributed by atoms with Crippen molar-refractivity contribution < 1.29 is 9.53 Å². The molecule has 1 atom stereocenters. The molecule has 0 aliphatic heterocycles. The topological polar surface area (TPSA) is 50.4 Å². The Morgan fingerprint density at radius 2 is 1.86 bits per heavy atom. The molecule has 22 heavy (non-hydrogen) atoms. The molecule has 116 valence electrons. The highest BCUT2D eigenvalue weighted by Crippen LogP contribution is 2.22. The minimum Gasteiger partial charge on any atom is -0.497 e. The fourth-order valence-electron chi connectivity index (χ4n) is 2.06. The molecule has 0 aromatic heterocycles. The summed E-state index contributed by atoms with van der Waals surface area (Å²) in [4.78, 5) is 11.9. The lowest BCUT2D eigenvalue weighted by Gasteiger charge is -2.15. The van der Waals surface area contributed by atoms with Crippen molar-refractivity contribution in [2.24, 2.45) is 0 Å². The molecule has 0 unspecified atom stereocenters. The molecule has 0 fully saturated rings. The maximum Gasteiger partial charge on any atom is 0.238 e. The lowest BCUT2D eigenvalue weighted by atomic mass is 10.1. The summed E-state index contributed by atoms with van der Waals surface area (Å²) in [5.41, 5.74) is 1.71.